The Morgan fingerprint density at radius 2 is 1.75 bits per heavy atom. The highest BCUT2D eigenvalue weighted by Gasteiger charge is 2.19. The Bertz CT molecular complexity index is 622. The van der Waals surface area contributed by atoms with E-state index in [-0.39, 0.29) is 17.5 Å². The van der Waals surface area contributed by atoms with Crippen LogP contribution in [-0.4, -0.2) is 21.0 Å². The van der Waals surface area contributed by atoms with Crippen molar-refractivity contribution in [1.29, 1.82) is 0 Å². The van der Waals surface area contributed by atoms with Crippen LogP contribution in [0.1, 0.15) is 57.4 Å². The van der Waals surface area contributed by atoms with Gasteiger partial charge in [0.15, 0.2) is 0 Å². The molecule has 0 aliphatic rings. The minimum Gasteiger partial charge on any atom is -0.208 e. The van der Waals surface area contributed by atoms with Crippen molar-refractivity contribution in [3.8, 4) is 0 Å². The topological polar surface area (TPSA) is 94.9 Å². The van der Waals surface area contributed by atoms with Gasteiger partial charge in [0.25, 0.3) is 0 Å². The summed E-state index contributed by atoms with van der Waals surface area (Å²) < 4.78 is 27.6. The van der Waals surface area contributed by atoms with Crippen LogP contribution >= 0.6 is 0 Å². The summed E-state index contributed by atoms with van der Waals surface area (Å²) in [6, 6.07) is 6.36. The van der Waals surface area contributed by atoms with Crippen LogP contribution in [0.5, 0.6) is 0 Å². The van der Waals surface area contributed by atoms with E-state index in [2.05, 4.69) is 21.7 Å². The first-order valence-electron chi connectivity index (χ1n) is 8.59. The summed E-state index contributed by atoms with van der Waals surface area (Å²) in [6.07, 6.45) is 7.48. The zero-order chi connectivity index (χ0) is 17.8. The van der Waals surface area contributed by atoms with Crippen molar-refractivity contribution < 1.29 is 8.42 Å². The average molecular weight is 353 g/mol. The number of hydrogen-bond donors (Lipinski definition) is 1. The van der Waals surface area contributed by atoms with Gasteiger partial charge in [-0.3, -0.25) is 0 Å². The predicted octanol–water partition coefficient (Wildman–Crippen LogP) is 4.70. The van der Waals surface area contributed by atoms with Gasteiger partial charge >= 0.3 is 0 Å². The molecule has 1 aromatic carbocycles. The number of hydrogen-bond acceptors (Lipinski definition) is 3. The lowest BCUT2D eigenvalue weighted by atomic mass is 10.1. The van der Waals surface area contributed by atoms with Gasteiger partial charge < -0.3 is 0 Å². The van der Waals surface area contributed by atoms with Crippen LogP contribution in [-0.2, 0) is 10.0 Å². The minimum absolute atomic E-state index is 0.135. The van der Waals surface area contributed by atoms with E-state index in [1.807, 2.05) is 6.92 Å². The molecule has 6 nitrogen and oxygen atoms in total. The molecule has 0 aromatic heterocycles. The molecule has 24 heavy (non-hydrogen) atoms. The molecule has 0 saturated carbocycles. The van der Waals surface area contributed by atoms with Crippen molar-refractivity contribution >= 4 is 10.0 Å². The molecule has 0 spiro atoms. The van der Waals surface area contributed by atoms with Gasteiger partial charge in [0.05, 0.1) is 4.90 Å². The van der Waals surface area contributed by atoms with Crippen molar-refractivity contribution in [3.63, 3.8) is 0 Å². The molecular formula is C17H28N4O2S. The fourth-order valence-electron chi connectivity index (χ4n) is 2.50. The van der Waals surface area contributed by atoms with E-state index in [9.17, 15) is 8.42 Å². The molecule has 1 N–H and O–H groups in total. The van der Waals surface area contributed by atoms with Crippen molar-refractivity contribution in [2.75, 3.05) is 6.54 Å². The Kier molecular flexibility index (Phi) is 9.45. The third kappa shape index (κ3) is 7.81. The lowest BCUT2D eigenvalue weighted by Gasteiger charge is -2.17. The molecule has 1 atom stereocenters. The van der Waals surface area contributed by atoms with E-state index < -0.39 is 10.0 Å². The number of aryl methyl sites for hydroxylation is 1. The quantitative estimate of drug-likeness (QED) is 0.255. The van der Waals surface area contributed by atoms with E-state index in [0.29, 0.717) is 6.42 Å². The normalized spacial score (nSPS) is 12.6. The molecule has 1 unspecified atom stereocenters. The predicted molar refractivity (Wildman–Crippen MR) is 97.3 cm³/mol. The van der Waals surface area contributed by atoms with Crippen LogP contribution in [0, 0.1) is 6.92 Å². The second-order valence-corrected chi connectivity index (χ2v) is 7.82. The van der Waals surface area contributed by atoms with Crippen LogP contribution in [0.15, 0.2) is 34.3 Å². The first-order valence-corrected chi connectivity index (χ1v) is 10.1. The molecule has 7 heteroatoms. The highest BCUT2D eigenvalue weighted by Crippen LogP contribution is 2.14. The average Bonchev–Trinajstić information content (AvgIpc) is 2.55. The van der Waals surface area contributed by atoms with E-state index in [1.165, 1.54) is 19.3 Å². The summed E-state index contributed by atoms with van der Waals surface area (Å²) in [5, 5.41) is 3.55. The summed E-state index contributed by atoms with van der Waals surface area (Å²) in [6.45, 7) is 4.22. The zero-order valence-electron chi connectivity index (χ0n) is 14.6. The molecule has 0 heterocycles. The van der Waals surface area contributed by atoms with Gasteiger partial charge in [-0.1, -0.05) is 68.3 Å². The van der Waals surface area contributed by atoms with Gasteiger partial charge in [0.1, 0.15) is 0 Å². The molecule has 0 aliphatic heterocycles. The molecule has 0 aliphatic carbocycles. The summed E-state index contributed by atoms with van der Waals surface area (Å²) in [7, 11) is -3.59. The zero-order valence-corrected chi connectivity index (χ0v) is 15.4. The minimum atomic E-state index is -3.59. The second-order valence-electron chi connectivity index (χ2n) is 6.10. The van der Waals surface area contributed by atoms with E-state index in [4.69, 9.17) is 5.53 Å². The number of nitrogens with one attached hydrogen (secondary N) is 1. The van der Waals surface area contributed by atoms with Gasteiger partial charge in [-0.05, 0) is 31.0 Å². The summed E-state index contributed by atoms with van der Waals surface area (Å²) in [5.41, 5.74) is 9.52. The molecule has 0 fully saturated rings. The lowest BCUT2D eigenvalue weighted by molar-refractivity contribution is 0.498. The number of nitrogens with zero attached hydrogens (tertiary/aromatic N) is 3. The van der Waals surface area contributed by atoms with Gasteiger partial charge in [0.2, 0.25) is 10.0 Å². The van der Waals surface area contributed by atoms with Gasteiger partial charge in [0, 0.05) is 17.5 Å². The van der Waals surface area contributed by atoms with Gasteiger partial charge in [-0.25, -0.2) is 13.1 Å². The first kappa shape index (κ1) is 20.5. The standard InChI is InChI=1S/C17H28N4O2S/c1-3-4-5-6-7-8-9-16(14-19-21-18)20-24(22,23)17-12-10-15(2)11-13-17/h10-13,16,20H,3-9,14H2,1-2H3. The van der Waals surface area contributed by atoms with Crippen LogP contribution in [0.3, 0.4) is 0 Å². The fraction of sp³-hybridized carbons (Fsp3) is 0.647. The Morgan fingerprint density at radius 3 is 2.38 bits per heavy atom. The molecule has 1 aromatic rings. The summed E-state index contributed by atoms with van der Waals surface area (Å²) in [5.74, 6) is 0. The highest BCUT2D eigenvalue weighted by molar-refractivity contribution is 7.89. The maximum atomic E-state index is 12.4. The molecule has 0 amide bonds. The van der Waals surface area contributed by atoms with Crippen LogP contribution in [0.2, 0.25) is 0 Å². The van der Waals surface area contributed by atoms with Crippen molar-refractivity contribution in [2.24, 2.45) is 5.11 Å². The SMILES string of the molecule is CCCCCCCCC(CN=[N+]=[N-])NS(=O)(=O)c1ccc(C)cc1. The Morgan fingerprint density at radius 1 is 1.12 bits per heavy atom. The number of benzene rings is 1. The lowest BCUT2D eigenvalue weighted by Crippen LogP contribution is -2.36. The van der Waals surface area contributed by atoms with Crippen LogP contribution < -0.4 is 4.72 Å². The maximum Gasteiger partial charge on any atom is 0.240 e. The second kappa shape index (κ2) is 11.1. The van der Waals surface area contributed by atoms with Crippen molar-refractivity contribution in [3.05, 3.63) is 40.3 Å². The van der Waals surface area contributed by atoms with Crippen molar-refractivity contribution in [1.82, 2.24) is 4.72 Å². The van der Waals surface area contributed by atoms with E-state index in [1.54, 1.807) is 24.3 Å². The number of sulfonamides is 1. The third-order valence-corrected chi connectivity index (χ3v) is 5.46. The largest absolute Gasteiger partial charge is 0.240 e. The summed E-state index contributed by atoms with van der Waals surface area (Å²) >= 11 is 0. The molecule has 0 bridgehead atoms. The molecule has 0 saturated heterocycles. The van der Waals surface area contributed by atoms with E-state index in [0.717, 1.165) is 24.8 Å². The van der Waals surface area contributed by atoms with Gasteiger partial charge in [-0.2, -0.15) is 0 Å². The summed E-state index contributed by atoms with van der Waals surface area (Å²) in [4.78, 5) is 2.99. The fourth-order valence-corrected chi connectivity index (χ4v) is 3.76. The third-order valence-electron chi connectivity index (χ3n) is 3.92. The highest BCUT2D eigenvalue weighted by atomic mass is 32.2. The van der Waals surface area contributed by atoms with Crippen LogP contribution in [0.25, 0.3) is 10.4 Å². The van der Waals surface area contributed by atoms with Gasteiger partial charge in [-0.15, -0.1) is 0 Å². The van der Waals surface area contributed by atoms with E-state index >= 15 is 0 Å². The number of unbranched alkanes of at least 4 members (excludes halogenated alkanes) is 5. The molecule has 0 radical (unpaired) electrons. The van der Waals surface area contributed by atoms with Crippen LogP contribution in [0.4, 0.5) is 0 Å². The maximum absolute atomic E-state index is 12.4. The monoisotopic (exact) mass is 352 g/mol. The Labute approximate surface area is 145 Å². The number of azide groups is 1. The smallest absolute Gasteiger partial charge is 0.208 e. The molecular weight excluding hydrogens is 324 g/mol. The molecule has 134 valence electrons. The van der Waals surface area contributed by atoms with Crippen molar-refractivity contribution in [2.45, 2.75) is 69.7 Å². The molecule has 1 rings (SSSR count). The Hall–Kier alpha value is -1.56. The Balaban J connectivity index is 2.60. The number of rotatable bonds is 12. The first-order chi connectivity index (χ1) is 11.5.